The molecule has 5 heteroatoms. The summed E-state index contributed by atoms with van der Waals surface area (Å²) >= 11 is 0. The number of rotatable bonds is 5. The van der Waals surface area contributed by atoms with Gasteiger partial charge in [0, 0.05) is 45.4 Å². The van der Waals surface area contributed by atoms with E-state index in [0.29, 0.717) is 5.92 Å². The Bertz CT molecular complexity index is 724. The highest BCUT2D eigenvalue weighted by molar-refractivity contribution is 5.91. The number of likely N-dealkylation sites (tertiary alicyclic amines) is 1. The number of ether oxygens (including phenoxy) is 1. The molecule has 1 saturated heterocycles. The number of hydrogen-bond donors (Lipinski definition) is 0. The van der Waals surface area contributed by atoms with Crippen molar-refractivity contribution in [2.45, 2.75) is 18.9 Å². The standard InChI is InChI=1S/C20H25N3O2/c1-22-18(10-12-21-22)8-9-20(24)23-13-11-19(25-2)17(15-23)14-16-6-4-3-5-7-16/h3-10,12,17,19H,11,13-15H2,1-2H3/b9-8+/t17-,19-/m1/s1. The van der Waals surface area contributed by atoms with Crippen LogP contribution in [0.25, 0.3) is 6.08 Å². The lowest BCUT2D eigenvalue weighted by Gasteiger charge is -2.37. The van der Waals surface area contributed by atoms with E-state index in [0.717, 1.165) is 31.6 Å². The number of nitrogens with zero attached hydrogens (tertiary/aromatic N) is 3. The Labute approximate surface area is 148 Å². The number of amides is 1. The SMILES string of the molecule is CO[C@@H]1CCN(C(=O)/C=C/c2ccnn2C)C[C@H]1Cc1ccccc1. The summed E-state index contributed by atoms with van der Waals surface area (Å²) in [5.74, 6) is 0.365. The van der Waals surface area contributed by atoms with Crippen LogP contribution in [0.1, 0.15) is 17.7 Å². The first-order valence-electron chi connectivity index (χ1n) is 8.69. The van der Waals surface area contributed by atoms with Crippen molar-refractivity contribution in [3.05, 3.63) is 59.9 Å². The first-order chi connectivity index (χ1) is 12.2. The van der Waals surface area contributed by atoms with Crippen LogP contribution in [0, 0.1) is 5.92 Å². The molecule has 0 radical (unpaired) electrons. The molecule has 3 rings (SSSR count). The topological polar surface area (TPSA) is 47.4 Å². The van der Waals surface area contributed by atoms with E-state index in [1.54, 1.807) is 24.1 Å². The Morgan fingerprint density at radius 2 is 2.12 bits per heavy atom. The number of methoxy groups -OCH3 is 1. The summed E-state index contributed by atoms with van der Waals surface area (Å²) in [7, 11) is 3.63. The maximum atomic E-state index is 12.6. The van der Waals surface area contributed by atoms with Crippen molar-refractivity contribution < 1.29 is 9.53 Å². The number of aryl methyl sites for hydroxylation is 1. The summed E-state index contributed by atoms with van der Waals surface area (Å²) in [5, 5.41) is 4.11. The number of aromatic nitrogens is 2. The predicted molar refractivity (Wildman–Crippen MR) is 97.9 cm³/mol. The molecule has 1 amide bonds. The molecular formula is C20H25N3O2. The number of piperidine rings is 1. The Kier molecular flexibility index (Phi) is 5.66. The molecule has 0 unspecified atom stereocenters. The van der Waals surface area contributed by atoms with E-state index in [1.807, 2.05) is 30.2 Å². The molecule has 25 heavy (non-hydrogen) atoms. The van der Waals surface area contributed by atoms with Gasteiger partial charge in [0.25, 0.3) is 0 Å². The number of hydrogen-bond acceptors (Lipinski definition) is 3. The van der Waals surface area contributed by atoms with Gasteiger partial charge in [-0.05, 0) is 30.5 Å². The normalized spacial score (nSPS) is 21.0. The lowest BCUT2D eigenvalue weighted by atomic mass is 9.88. The molecule has 1 aliphatic heterocycles. The lowest BCUT2D eigenvalue weighted by molar-refractivity contribution is -0.130. The summed E-state index contributed by atoms with van der Waals surface area (Å²) in [6.07, 6.45) is 7.19. The molecule has 1 aromatic carbocycles. The van der Waals surface area contributed by atoms with Crippen LogP contribution >= 0.6 is 0 Å². The molecule has 0 saturated carbocycles. The second kappa shape index (κ2) is 8.12. The highest BCUT2D eigenvalue weighted by atomic mass is 16.5. The quantitative estimate of drug-likeness (QED) is 0.787. The van der Waals surface area contributed by atoms with Crippen LogP contribution in [-0.4, -0.2) is 46.9 Å². The molecule has 1 aliphatic rings. The van der Waals surface area contributed by atoms with Crippen molar-refractivity contribution in [1.82, 2.24) is 14.7 Å². The molecule has 2 aromatic rings. The van der Waals surface area contributed by atoms with Gasteiger partial charge in [-0.3, -0.25) is 9.48 Å². The third-order valence-corrected chi connectivity index (χ3v) is 4.87. The molecule has 1 fully saturated rings. The predicted octanol–water partition coefficient (Wildman–Crippen LogP) is 2.54. The van der Waals surface area contributed by atoms with Gasteiger partial charge in [0.1, 0.15) is 0 Å². The van der Waals surface area contributed by atoms with Crippen LogP contribution in [0.15, 0.2) is 48.7 Å². The average Bonchev–Trinajstić information content (AvgIpc) is 3.05. The van der Waals surface area contributed by atoms with Crippen molar-refractivity contribution in [2.75, 3.05) is 20.2 Å². The number of carbonyl (C=O) groups excluding carboxylic acids is 1. The summed E-state index contributed by atoms with van der Waals surface area (Å²) < 4.78 is 7.42. The van der Waals surface area contributed by atoms with Crippen LogP contribution < -0.4 is 0 Å². The van der Waals surface area contributed by atoms with Gasteiger partial charge in [-0.25, -0.2) is 0 Å². The first-order valence-corrected chi connectivity index (χ1v) is 8.69. The highest BCUT2D eigenvalue weighted by Crippen LogP contribution is 2.24. The van der Waals surface area contributed by atoms with Gasteiger partial charge >= 0.3 is 0 Å². The van der Waals surface area contributed by atoms with Crippen molar-refractivity contribution in [1.29, 1.82) is 0 Å². The highest BCUT2D eigenvalue weighted by Gasteiger charge is 2.30. The van der Waals surface area contributed by atoms with Crippen molar-refractivity contribution >= 4 is 12.0 Å². The van der Waals surface area contributed by atoms with E-state index < -0.39 is 0 Å². The first kappa shape index (κ1) is 17.4. The van der Waals surface area contributed by atoms with Crippen LogP contribution in [0.5, 0.6) is 0 Å². The molecule has 0 spiro atoms. The Balaban J connectivity index is 1.65. The summed E-state index contributed by atoms with van der Waals surface area (Å²) in [5.41, 5.74) is 2.20. The lowest BCUT2D eigenvalue weighted by Crippen LogP contribution is -2.46. The maximum absolute atomic E-state index is 12.6. The summed E-state index contributed by atoms with van der Waals surface area (Å²) in [6.45, 7) is 1.46. The second-order valence-electron chi connectivity index (χ2n) is 6.51. The van der Waals surface area contributed by atoms with E-state index >= 15 is 0 Å². The van der Waals surface area contributed by atoms with Crippen molar-refractivity contribution in [3.8, 4) is 0 Å². The van der Waals surface area contributed by atoms with Gasteiger partial charge in [-0.2, -0.15) is 5.10 Å². The molecule has 0 N–H and O–H groups in total. The third-order valence-electron chi connectivity index (χ3n) is 4.87. The molecule has 1 aromatic heterocycles. The fourth-order valence-corrected chi connectivity index (χ4v) is 3.44. The minimum absolute atomic E-state index is 0.0498. The van der Waals surface area contributed by atoms with Gasteiger partial charge in [-0.1, -0.05) is 30.3 Å². The van der Waals surface area contributed by atoms with Gasteiger partial charge in [0.05, 0.1) is 11.8 Å². The number of benzene rings is 1. The maximum Gasteiger partial charge on any atom is 0.246 e. The molecule has 0 bridgehead atoms. The molecule has 132 valence electrons. The molecule has 2 atom stereocenters. The molecule has 5 nitrogen and oxygen atoms in total. The number of carbonyl (C=O) groups is 1. The van der Waals surface area contributed by atoms with E-state index in [2.05, 4.69) is 29.4 Å². The fourth-order valence-electron chi connectivity index (χ4n) is 3.44. The molecular weight excluding hydrogens is 314 g/mol. The van der Waals surface area contributed by atoms with Crippen molar-refractivity contribution in [2.24, 2.45) is 13.0 Å². The zero-order valence-corrected chi connectivity index (χ0v) is 14.8. The molecule has 2 heterocycles. The van der Waals surface area contributed by atoms with Crippen LogP contribution in [0.3, 0.4) is 0 Å². The minimum atomic E-state index is 0.0498. The van der Waals surface area contributed by atoms with Crippen LogP contribution in [0.4, 0.5) is 0 Å². The van der Waals surface area contributed by atoms with Gasteiger partial charge in [0.2, 0.25) is 5.91 Å². The average molecular weight is 339 g/mol. The monoisotopic (exact) mass is 339 g/mol. The van der Waals surface area contributed by atoms with Gasteiger partial charge in [0.15, 0.2) is 0 Å². The zero-order valence-electron chi connectivity index (χ0n) is 14.8. The van der Waals surface area contributed by atoms with E-state index in [4.69, 9.17) is 4.74 Å². The van der Waals surface area contributed by atoms with Crippen LogP contribution in [-0.2, 0) is 23.0 Å². The largest absolute Gasteiger partial charge is 0.381 e. The minimum Gasteiger partial charge on any atom is -0.381 e. The summed E-state index contributed by atoms with van der Waals surface area (Å²) in [4.78, 5) is 14.5. The van der Waals surface area contributed by atoms with Gasteiger partial charge in [-0.15, -0.1) is 0 Å². The fraction of sp³-hybridized carbons (Fsp3) is 0.400. The second-order valence-corrected chi connectivity index (χ2v) is 6.51. The Morgan fingerprint density at radius 1 is 1.32 bits per heavy atom. The van der Waals surface area contributed by atoms with Crippen LogP contribution in [0.2, 0.25) is 0 Å². The Morgan fingerprint density at radius 3 is 2.80 bits per heavy atom. The summed E-state index contributed by atoms with van der Waals surface area (Å²) in [6, 6.07) is 12.3. The van der Waals surface area contributed by atoms with Crippen molar-refractivity contribution in [3.63, 3.8) is 0 Å². The third kappa shape index (κ3) is 4.37. The Hall–Kier alpha value is -2.40. The van der Waals surface area contributed by atoms with E-state index in [9.17, 15) is 4.79 Å². The van der Waals surface area contributed by atoms with E-state index in [-0.39, 0.29) is 12.0 Å². The molecule has 0 aliphatic carbocycles. The van der Waals surface area contributed by atoms with Gasteiger partial charge < -0.3 is 9.64 Å². The zero-order chi connectivity index (χ0) is 17.6. The smallest absolute Gasteiger partial charge is 0.246 e. The van der Waals surface area contributed by atoms with E-state index in [1.165, 1.54) is 5.56 Å².